The molecule has 4 aromatic rings. The lowest BCUT2D eigenvalue weighted by Gasteiger charge is -2.31. The Bertz CT molecular complexity index is 1140. The van der Waals surface area contributed by atoms with Crippen molar-refractivity contribution in [2.45, 2.75) is 23.8 Å². The normalized spacial score (nSPS) is 17.1. The minimum Gasteiger partial charge on any atom is -0.341 e. The summed E-state index contributed by atoms with van der Waals surface area (Å²) in [6.07, 6.45) is 3.68. The highest BCUT2D eigenvalue weighted by atomic mass is 32.2. The van der Waals surface area contributed by atoms with Gasteiger partial charge in [-0.2, -0.15) is 0 Å². The average molecular weight is 421 g/mol. The topological polar surface area (TPSA) is 59.0 Å². The molecule has 0 N–H and O–H groups in total. The van der Waals surface area contributed by atoms with Crippen molar-refractivity contribution in [3.63, 3.8) is 0 Å². The number of fused-ring (bicyclic) bond motifs is 2. The molecule has 5 nitrogen and oxygen atoms in total. The maximum atomic E-state index is 12.9. The molecule has 0 saturated carbocycles. The van der Waals surface area contributed by atoms with Crippen molar-refractivity contribution in [2.24, 2.45) is 0 Å². The van der Waals surface area contributed by atoms with E-state index in [1.54, 1.807) is 17.7 Å². The van der Waals surface area contributed by atoms with Gasteiger partial charge in [0.2, 0.25) is 5.91 Å². The summed E-state index contributed by atoms with van der Waals surface area (Å²) in [6, 6.07) is 16.2. The number of thiazole rings is 1. The third-order valence-electron chi connectivity index (χ3n) is 5.27. The summed E-state index contributed by atoms with van der Waals surface area (Å²) in [7, 11) is 0. The summed E-state index contributed by atoms with van der Waals surface area (Å²) in [5, 5.41) is 3.01. The Kier molecular flexibility index (Phi) is 5.16. The van der Waals surface area contributed by atoms with Crippen LogP contribution in [0.3, 0.4) is 0 Å². The highest BCUT2D eigenvalue weighted by Crippen LogP contribution is 2.33. The SMILES string of the molecule is O=C(CSc1ncnc2ccccc12)N1CCCC(c2nc3ccccc3s2)C1. The average Bonchev–Trinajstić information content (AvgIpc) is 3.22. The van der Waals surface area contributed by atoms with Crippen LogP contribution in [-0.4, -0.2) is 44.6 Å². The van der Waals surface area contributed by atoms with Gasteiger partial charge in [-0.1, -0.05) is 42.1 Å². The number of carbonyl (C=O) groups excluding carboxylic acids is 1. The van der Waals surface area contributed by atoms with E-state index in [4.69, 9.17) is 4.98 Å². The Hall–Kier alpha value is -2.51. The van der Waals surface area contributed by atoms with E-state index in [2.05, 4.69) is 28.2 Å². The molecule has 0 radical (unpaired) electrons. The maximum absolute atomic E-state index is 12.9. The van der Waals surface area contributed by atoms with E-state index in [-0.39, 0.29) is 5.91 Å². The minimum absolute atomic E-state index is 0.170. The molecular weight excluding hydrogens is 400 g/mol. The first-order valence-electron chi connectivity index (χ1n) is 9.74. The molecule has 1 aliphatic rings. The monoisotopic (exact) mass is 420 g/mol. The van der Waals surface area contributed by atoms with Gasteiger partial charge in [0.05, 0.1) is 26.5 Å². The summed E-state index contributed by atoms with van der Waals surface area (Å²) in [4.78, 5) is 28.4. The summed E-state index contributed by atoms with van der Waals surface area (Å²) >= 11 is 3.26. The van der Waals surface area contributed by atoms with Crippen LogP contribution < -0.4 is 0 Å². The number of piperidine rings is 1. The number of nitrogens with zero attached hydrogens (tertiary/aromatic N) is 4. The van der Waals surface area contributed by atoms with Crippen LogP contribution in [0.5, 0.6) is 0 Å². The number of rotatable bonds is 4. The van der Waals surface area contributed by atoms with Gasteiger partial charge in [0.25, 0.3) is 0 Å². The number of aromatic nitrogens is 3. The third kappa shape index (κ3) is 3.84. The molecule has 0 aliphatic carbocycles. The number of likely N-dealkylation sites (tertiary alicyclic amines) is 1. The molecule has 0 bridgehead atoms. The van der Waals surface area contributed by atoms with Crippen LogP contribution in [0.2, 0.25) is 0 Å². The van der Waals surface area contributed by atoms with Gasteiger partial charge in [-0.3, -0.25) is 4.79 Å². The Morgan fingerprint density at radius 2 is 1.93 bits per heavy atom. The number of thioether (sulfide) groups is 1. The predicted octanol–water partition coefficient (Wildman–Crippen LogP) is 4.74. The second-order valence-electron chi connectivity index (χ2n) is 7.18. The van der Waals surface area contributed by atoms with Crippen molar-refractivity contribution in [1.29, 1.82) is 0 Å². The molecule has 146 valence electrons. The standard InChI is InChI=1S/C22H20N4OS2/c27-20(13-28-22-16-7-1-2-8-17(16)23-14-24-22)26-11-5-6-15(12-26)21-25-18-9-3-4-10-19(18)29-21/h1-4,7-10,14-15H,5-6,11-13H2. The number of hydrogen-bond donors (Lipinski definition) is 0. The quantitative estimate of drug-likeness (QED) is 0.353. The number of benzene rings is 2. The zero-order valence-corrected chi connectivity index (χ0v) is 17.5. The Morgan fingerprint density at radius 3 is 2.83 bits per heavy atom. The van der Waals surface area contributed by atoms with E-state index in [1.165, 1.54) is 16.5 Å². The molecule has 7 heteroatoms. The Morgan fingerprint density at radius 1 is 1.10 bits per heavy atom. The van der Waals surface area contributed by atoms with E-state index >= 15 is 0 Å². The fourth-order valence-corrected chi connectivity index (χ4v) is 5.77. The van der Waals surface area contributed by atoms with Crippen LogP contribution in [0, 0.1) is 0 Å². The van der Waals surface area contributed by atoms with Gasteiger partial charge in [0.15, 0.2) is 0 Å². The predicted molar refractivity (Wildman–Crippen MR) is 118 cm³/mol. The highest BCUT2D eigenvalue weighted by Gasteiger charge is 2.27. The largest absolute Gasteiger partial charge is 0.341 e. The maximum Gasteiger partial charge on any atom is 0.233 e. The summed E-state index contributed by atoms with van der Waals surface area (Å²) in [6.45, 7) is 1.58. The fraction of sp³-hybridized carbons (Fsp3) is 0.273. The van der Waals surface area contributed by atoms with Crippen molar-refractivity contribution < 1.29 is 4.79 Å². The van der Waals surface area contributed by atoms with Gasteiger partial charge in [-0.15, -0.1) is 11.3 Å². The zero-order chi connectivity index (χ0) is 19.6. The molecule has 1 unspecified atom stereocenters. The molecule has 2 aromatic carbocycles. The summed E-state index contributed by atoms with van der Waals surface area (Å²) in [5.74, 6) is 0.895. The molecular formula is C22H20N4OS2. The van der Waals surface area contributed by atoms with Crippen LogP contribution >= 0.6 is 23.1 Å². The molecule has 1 atom stereocenters. The van der Waals surface area contributed by atoms with Gasteiger partial charge in [0, 0.05) is 24.4 Å². The van der Waals surface area contributed by atoms with E-state index < -0.39 is 0 Å². The molecule has 1 aliphatic heterocycles. The molecule has 29 heavy (non-hydrogen) atoms. The van der Waals surface area contributed by atoms with Gasteiger partial charge < -0.3 is 4.90 Å². The summed E-state index contributed by atoms with van der Waals surface area (Å²) < 4.78 is 1.22. The van der Waals surface area contributed by atoms with E-state index in [9.17, 15) is 4.79 Å². The van der Waals surface area contributed by atoms with Crippen molar-refractivity contribution in [1.82, 2.24) is 19.9 Å². The van der Waals surface area contributed by atoms with Gasteiger partial charge in [-0.25, -0.2) is 15.0 Å². The molecule has 5 rings (SSSR count). The first-order chi connectivity index (χ1) is 14.3. The van der Waals surface area contributed by atoms with E-state index in [1.807, 2.05) is 35.2 Å². The first-order valence-corrected chi connectivity index (χ1v) is 11.5. The van der Waals surface area contributed by atoms with Crippen molar-refractivity contribution in [2.75, 3.05) is 18.8 Å². The van der Waals surface area contributed by atoms with Crippen LogP contribution in [-0.2, 0) is 4.79 Å². The van der Waals surface area contributed by atoms with Crippen LogP contribution in [0.1, 0.15) is 23.8 Å². The Balaban J connectivity index is 1.27. The molecule has 1 amide bonds. The first kappa shape index (κ1) is 18.5. The molecule has 1 fully saturated rings. The molecule has 3 heterocycles. The van der Waals surface area contributed by atoms with Crippen molar-refractivity contribution >= 4 is 50.1 Å². The van der Waals surface area contributed by atoms with Crippen molar-refractivity contribution in [3.8, 4) is 0 Å². The smallest absolute Gasteiger partial charge is 0.233 e. The number of para-hydroxylation sites is 2. The second-order valence-corrected chi connectivity index (χ2v) is 9.21. The minimum atomic E-state index is 0.170. The van der Waals surface area contributed by atoms with Gasteiger partial charge in [0.1, 0.15) is 11.4 Å². The number of carbonyl (C=O) groups is 1. The van der Waals surface area contributed by atoms with Crippen LogP contribution in [0.15, 0.2) is 59.9 Å². The number of hydrogen-bond acceptors (Lipinski definition) is 6. The molecule has 1 saturated heterocycles. The Labute approximate surface area is 177 Å². The lowest BCUT2D eigenvalue weighted by atomic mass is 9.99. The zero-order valence-electron chi connectivity index (χ0n) is 15.8. The number of amides is 1. The van der Waals surface area contributed by atoms with Crippen LogP contribution in [0.4, 0.5) is 0 Å². The lowest BCUT2D eigenvalue weighted by Crippen LogP contribution is -2.40. The van der Waals surface area contributed by atoms with Crippen molar-refractivity contribution in [3.05, 3.63) is 59.9 Å². The van der Waals surface area contributed by atoms with Gasteiger partial charge in [-0.05, 0) is 31.0 Å². The van der Waals surface area contributed by atoms with Gasteiger partial charge >= 0.3 is 0 Å². The van der Waals surface area contributed by atoms with Crippen LogP contribution in [0.25, 0.3) is 21.1 Å². The fourth-order valence-electron chi connectivity index (χ4n) is 3.79. The summed E-state index contributed by atoms with van der Waals surface area (Å²) in [5.41, 5.74) is 1.97. The third-order valence-corrected chi connectivity index (χ3v) is 7.46. The molecule has 0 spiro atoms. The lowest BCUT2D eigenvalue weighted by molar-refractivity contribution is -0.129. The second kappa shape index (κ2) is 8.08. The molecule has 2 aromatic heterocycles. The van der Waals surface area contributed by atoms with E-state index in [0.29, 0.717) is 11.7 Å². The van der Waals surface area contributed by atoms with E-state index in [0.717, 1.165) is 52.4 Å². The highest BCUT2D eigenvalue weighted by molar-refractivity contribution is 8.00.